The number of hydrogen-bond acceptors (Lipinski definition) is 6. The van der Waals surface area contributed by atoms with Gasteiger partial charge < -0.3 is 19.5 Å². The summed E-state index contributed by atoms with van der Waals surface area (Å²) in [4.78, 5) is 57.1. The Morgan fingerprint density at radius 2 is 1.97 bits per heavy atom. The molecule has 0 spiro atoms. The number of hydrogen-bond donors (Lipinski definition) is 2. The van der Waals surface area contributed by atoms with Crippen LogP contribution in [0.3, 0.4) is 0 Å². The first-order valence-corrected chi connectivity index (χ1v) is 11.0. The van der Waals surface area contributed by atoms with E-state index >= 15 is 0 Å². The molecule has 1 unspecified atom stereocenters. The van der Waals surface area contributed by atoms with Gasteiger partial charge in [-0.25, -0.2) is 4.79 Å². The molecule has 2 fully saturated rings. The maximum atomic E-state index is 13.2. The first-order chi connectivity index (χ1) is 15.8. The van der Waals surface area contributed by atoms with Crippen molar-refractivity contribution in [1.82, 2.24) is 25.4 Å². The molecule has 2 aromatic rings. The van der Waals surface area contributed by atoms with Crippen LogP contribution < -0.4 is 10.6 Å². The Morgan fingerprint density at radius 3 is 2.64 bits per heavy atom. The van der Waals surface area contributed by atoms with Gasteiger partial charge in [0.2, 0.25) is 11.8 Å². The summed E-state index contributed by atoms with van der Waals surface area (Å²) in [6.07, 6.45) is 2.78. The third-order valence-electron chi connectivity index (χ3n) is 6.05. The Labute approximate surface area is 191 Å². The molecule has 4 heterocycles. The molecule has 0 aromatic carbocycles. The Hall–Kier alpha value is -3.69. The fraction of sp³-hybridized carbons (Fsp3) is 0.435. The van der Waals surface area contributed by atoms with Crippen LogP contribution >= 0.6 is 0 Å². The Morgan fingerprint density at radius 1 is 1.21 bits per heavy atom. The summed E-state index contributed by atoms with van der Waals surface area (Å²) in [6, 6.07) is 5.76. The maximum absolute atomic E-state index is 13.2. The van der Waals surface area contributed by atoms with Crippen molar-refractivity contribution in [3.05, 3.63) is 53.2 Å². The minimum absolute atomic E-state index is 0.0224. The number of carbonyl (C=O) groups is 4. The molecule has 0 aliphatic carbocycles. The van der Waals surface area contributed by atoms with Crippen molar-refractivity contribution in [1.29, 1.82) is 0 Å². The van der Waals surface area contributed by atoms with Crippen LogP contribution in [0.1, 0.15) is 52.7 Å². The predicted octanol–water partition coefficient (Wildman–Crippen LogP) is 1.56. The van der Waals surface area contributed by atoms with Gasteiger partial charge in [0.25, 0.3) is 5.91 Å². The molecule has 2 aromatic heterocycles. The standard InChI is InChI=1S/C23H27N5O5/c1-14-5-6-17(21(30)27(2)13-16-4-3-11-33-16)20(24-14)15-7-9-28(10-8-15)22(31)18-12-19(29)26-23(32)25-18/h3-6,11,15,18H,7-10,12-13H2,1-2H3,(H2,25,26,29,32). The number of aryl methyl sites for hydroxylation is 1. The van der Waals surface area contributed by atoms with Gasteiger partial charge >= 0.3 is 6.03 Å². The summed E-state index contributed by atoms with van der Waals surface area (Å²) in [5.41, 5.74) is 2.11. The zero-order chi connectivity index (χ0) is 23.5. The third-order valence-corrected chi connectivity index (χ3v) is 6.05. The van der Waals surface area contributed by atoms with E-state index in [-0.39, 0.29) is 24.2 Å². The molecule has 1 atom stereocenters. The molecule has 33 heavy (non-hydrogen) atoms. The van der Waals surface area contributed by atoms with Gasteiger partial charge in [-0.05, 0) is 44.0 Å². The van der Waals surface area contributed by atoms with Crippen molar-refractivity contribution in [2.24, 2.45) is 0 Å². The minimum Gasteiger partial charge on any atom is -0.467 e. The van der Waals surface area contributed by atoms with Gasteiger partial charge in [-0.1, -0.05) is 0 Å². The third kappa shape index (κ3) is 5.05. The zero-order valence-electron chi connectivity index (χ0n) is 18.7. The Balaban J connectivity index is 1.44. The molecule has 10 nitrogen and oxygen atoms in total. The highest BCUT2D eigenvalue weighted by Crippen LogP contribution is 2.30. The van der Waals surface area contributed by atoms with Crippen LogP contribution in [0.5, 0.6) is 0 Å². The summed E-state index contributed by atoms with van der Waals surface area (Å²) in [5.74, 6) is -0.138. The molecule has 4 rings (SSSR count). The second-order valence-corrected chi connectivity index (χ2v) is 8.50. The lowest BCUT2D eigenvalue weighted by Gasteiger charge is -2.35. The number of nitrogens with one attached hydrogen (secondary N) is 2. The van der Waals surface area contributed by atoms with E-state index in [1.54, 1.807) is 29.2 Å². The fourth-order valence-electron chi connectivity index (χ4n) is 4.33. The molecule has 174 valence electrons. The summed E-state index contributed by atoms with van der Waals surface area (Å²) >= 11 is 0. The van der Waals surface area contributed by atoms with Crippen LogP contribution in [0.4, 0.5) is 4.79 Å². The molecule has 0 saturated carbocycles. The van der Waals surface area contributed by atoms with E-state index in [2.05, 4.69) is 10.6 Å². The van der Waals surface area contributed by atoms with Gasteiger partial charge in [-0.3, -0.25) is 24.7 Å². The fourth-order valence-corrected chi connectivity index (χ4v) is 4.33. The van der Waals surface area contributed by atoms with E-state index < -0.39 is 18.0 Å². The van der Waals surface area contributed by atoms with Crippen LogP contribution in [-0.4, -0.2) is 64.7 Å². The van der Waals surface area contributed by atoms with Crippen molar-refractivity contribution < 1.29 is 23.6 Å². The number of amides is 5. The van der Waals surface area contributed by atoms with Crippen molar-refractivity contribution in [3.63, 3.8) is 0 Å². The number of piperidine rings is 1. The molecule has 2 saturated heterocycles. The number of urea groups is 1. The lowest BCUT2D eigenvalue weighted by molar-refractivity contribution is -0.137. The predicted molar refractivity (Wildman–Crippen MR) is 117 cm³/mol. The quantitative estimate of drug-likeness (QED) is 0.708. The summed E-state index contributed by atoms with van der Waals surface area (Å²) < 4.78 is 5.36. The molecule has 2 N–H and O–H groups in total. The highest BCUT2D eigenvalue weighted by molar-refractivity contribution is 6.02. The summed E-state index contributed by atoms with van der Waals surface area (Å²) in [6.45, 7) is 3.17. The van der Waals surface area contributed by atoms with Crippen LogP contribution in [0, 0.1) is 6.92 Å². The van der Waals surface area contributed by atoms with Crippen molar-refractivity contribution in [2.45, 2.75) is 44.7 Å². The van der Waals surface area contributed by atoms with Crippen molar-refractivity contribution in [3.8, 4) is 0 Å². The molecule has 10 heteroatoms. The lowest BCUT2D eigenvalue weighted by atomic mass is 9.89. The molecule has 2 aliphatic rings. The van der Waals surface area contributed by atoms with Gasteiger partial charge in [0.05, 0.1) is 30.5 Å². The van der Waals surface area contributed by atoms with Crippen molar-refractivity contribution >= 4 is 23.8 Å². The lowest BCUT2D eigenvalue weighted by Crippen LogP contribution is -2.58. The minimum atomic E-state index is -0.840. The SMILES string of the molecule is Cc1ccc(C(=O)N(C)Cc2ccco2)c(C2CCN(C(=O)C3CC(=O)NC(=O)N3)CC2)n1. The van der Waals surface area contributed by atoms with Gasteiger partial charge in [0.15, 0.2) is 0 Å². The number of rotatable bonds is 5. The van der Waals surface area contributed by atoms with Crippen LogP contribution in [-0.2, 0) is 16.1 Å². The van der Waals surface area contributed by atoms with Crippen LogP contribution in [0.15, 0.2) is 34.9 Å². The largest absolute Gasteiger partial charge is 0.467 e. The first-order valence-electron chi connectivity index (χ1n) is 11.0. The summed E-state index contributed by atoms with van der Waals surface area (Å²) in [5, 5.41) is 4.65. The second-order valence-electron chi connectivity index (χ2n) is 8.50. The highest BCUT2D eigenvalue weighted by Gasteiger charge is 2.35. The average molecular weight is 453 g/mol. The van der Waals surface area contributed by atoms with E-state index in [4.69, 9.17) is 9.40 Å². The molecular weight excluding hydrogens is 426 g/mol. The number of pyridine rings is 1. The number of furan rings is 1. The highest BCUT2D eigenvalue weighted by atomic mass is 16.3. The van der Waals surface area contributed by atoms with Crippen LogP contribution in [0.25, 0.3) is 0 Å². The van der Waals surface area contributed by atoms with Gasteiger partial charge in [0, 0.05) is 31.7 Å². The molecule has 2 aliphatic heterocycles. The van der Waals surface area contributed by atoms with Crippen LogP contribution in [0.2, 0.25) is 0 Å². The smallest absolute Gasteiger partial charge is 0.322 e. The Kier molecular flexibility index (Phi) is 6.43. The molecule has 0 radical (unpaired) electrons. The maximum Gasteiger partial charge on any atom is 0.322 e. The Bertz CT molecular complexity index is 1040. The molecule has 5 amide bonds. The average Bonchev–Trinajstić information content (AvgIpc) is 3.30. The molecule has 0 bridgehead atoms. The number of likely N-dealkylation sites (tertiary alicyclic amines) is 1. The molecular formula is C23H27N5O5. The number of carbonyl (C=O) groups excluding carboxylic acids is 4. The van der Waals surface area contributed by atoms with E-state index in [9.17, 15) is 19.2 Å². The van der Waals surface area contributed by atoms with E-state index in [1.807, 2.05) is 25.1 Å². The summed E-state index contributed by atoms with van der Waals surface area (Å²) in [7, 11) is 1.73. The van der Waals surface area contributed by atoms with Crippen molar-refractivity contribution in [2.75, 3.05) is 20.1 Å². The second kappa shape index (κ2) is 9.43. The van der Waals surface area contributed by atoms with E-state index in [0.717, 1.165) is 11.4 Å². The monoisotopic (exact) mass is 453 g/mol. The number of aromatic nitrogens is 1. The zero-order valence-corrected chi connectivity index (χ0v) is 18.7. The normalized spacial score (nSPS) is 19.1. The van der Waals surface area contributed by atoms with E-state index in [0.29, 0.717) is 43.8 Å². The van der Waals surface area contributed by atoms with Gasteiger partial charge in [-0.2, -0.15) is 0 Å². The van der Waals surface area contributed by atoms with Gasteiger partial charge in [-0.15, -0.1) is 0 Å². The number of imide groups is 1. The number of nitrogens with zero attached hydrogens (tertiary/aromatic N) is 3. The topological polar surface area (TPSA) is 125 Å². The van der Waals surface area contributed by atoms with Gasteiger partial charge in [0.1, 0.15) is 11.8 Å². The first kappa shape index (κ1) is 22.5. The van der Waals surface area contributed by atoms with E-state index in [1.165, 1.54) is 0 Å².